The van der Waals surface area contributed by atoms with E-state index in [1.807, 2.05) is 0 Å². The minimum Gasteiger partial charge on any atom is -0.0870 e. The molecule has 0 fully saturated rings. The summed E-state index contributed by atoms with van der Waals surface area (Å²) in [6, 6.07) is 56.5. The van der Waals surface area contributed by atoms with E-state index in [1.54, 1.807) is 0 Å². The number of hydrogen-bond acceptors (Lipinski definition) is 0. The molecule has 0 unspecified atom stereocenters. The van der Waals surface area contributed by atoms with Crippen LogP contribution in [0.3, 0.4) is 0 Å². The summed E-state index contributed by atoms with van der Waals surface area (Å²) >= 11 is 0. The molecule has 0 radical (unpaired) electrons. The minimum atomic E-state index is -0.178. The fourth-order valence-electron chi connectivity index (χ4n) is 8.89. The third kappa shape index (κ3) is 4.68. The van der Waals surface area contributed by atoms with Gasteiger partial charge < -0.3 is 0 Å². The summed E-state index contributed by atoms with van der Waals surface area (Å²) < 4.78 is 0. The second-order valence-electron chi connectivity index (χ2n) is 14.9. The quantitative estimate of drug-likeness (QED) is 0.130. The highest BCUT2D eigenvalue weighted by atomic mass is 14.4. The number of fused-ring (bicyclic) bond motifs is 9. The molecule has 52 heavy (non-hydrogen) atoms. The van der Waals surface area contributed by atoms with Gasteiger partial charge in [0.1, 0.15) is 0 Å². The number of rotatable bonds is 4. The molecule has 0 amide bonds. The molecule has 0 aromatic heterocycles. The zero-order chi connectivity index (χ0) is 35.0. The molecule has 0 N–H and O–H groups in total. The van der Waals surface area contributed by atoms with Crippen LogP contribution in [0.5, 0.6) is 0 Å². The van der Waals surface area contributed by atoms with E-state index >= 15 is 0 Å². The summed E-state index contributed by atoms with van der Waals surface area (Å²) in [6.45, 7) is 6.89. The third-order valence-electron chi connectivity index (χ3n) is 11.5. The van der Waals surface area contributed by atoms with Crippen molar-refractivity contribution < 1.29 is 0 Å². The van der Waals surface area contributed by atoms with Gasteiger partial charge in [-0.15, -0.1) is 0 Å². The van der Waals surface area contributed by atoms with Crippen LogP contribution in [0.1, 0.15) is 37.5 Å². The summed E-state index contributed by atoms with van der Waals surface area (Å²) in [7, 11) is 0. The Morgan fingerprint density at radius 3 is 1.65 bits per heavy atom. The van der Waals surface area contributed by atoms with E-state index in [1.165, 1.54) is 104 Å². The fraction of sp³-hybridized carbons (Fsp3) is 0.0769. The van der Waals surface area contributed by atoms with Crippen molar-refractivity contribution in [1.29, 1.82) is 0 Å². The molecule has 0 bridgehead atoms. The Morgan fingerprint density at radius 2 is 1.00 bits per heavy atom. The number of benzene rings is 9. The smallest absolute Gasteiger partial charge is 0.0159 e. The predicted octanol–water partition coefficient (Wildman–Crippen LogP) is 14.6. The molecule has 0 atom stereocenters. The van der Waals surface area contributed by atoms with E-state index in [-0.39, 0.29) is 5.41 Å². The van der Waals surface area contributed by atoms with E-state index < -0.39 is 0 Å². The first kappa shape index (κ1) is 30.6. The Balaban J connectivity index is 1.07. The maximum Gasteiger partial charge on any atom is 0.0159 e. The van der Waals surface area contributed by atoms with Crippen molar-refractivity contribution in [2.24, 2.45) is 0 Å². The molecule has 9 aromatic carbocycles. The largest absolute Gasteiger partial charge is 0.0870 e. The molecule has 1 aliphatic carbocycles. The average Bonchev–Trinajstić information content (AvgIpc) is 3.39. The molecule has 0 heterocycles. The summed E-state index contributed by atoms with van der Waals surface area (Å²) in [4.78, 5) is 0. The number of allylic oxidation sites excluding steroid dienone is 5. The van der Waals surface area contributed by atoms with Gasteiger partial charge in [-0.3, -0.25) is 0 Å². The Hall–Kier alpha value is -6.24. The molecule has 0 heteroatoms. The van der Waals surface area contributed by atoms with Gasteiger partial charge in [-0.2, -0.15) is 0 Å². The van der Waals surface area contributed by atoms with E-state index in [0.29, 0.717) is 0 Å². The van der Waals surface area contributed by atoms with Crippen LogP contribution in [0, 0.1) is 0 Å². The lowest BCUT2D eigenvalue weighted by Gasteiger charge is -2.24. The first-order chi connectivity index (χ1) is 25.5. The maximum atomic E-state index is 2.45. The van der Waals surface area contributed by atoms with Crippen LogP contribution in [-0.2, 0) is 5.41 Å². The van der Waals surface area contributed by atoms with Crippen molar-refractivity contribution >= 4 is 76.3 Å². The third-order valence-corrected chi connectivity index (χ3v) is 11.5. The average molecular weight is 663 g/mol. The number of hydrogen-bond donors (Lipinski definition) is 0. The lowest BCUT2D eigenvalue weighted by Crippen LogP contribution is -2.16. The van der Waals surface area contributed by atoms with Gasteiger partial charge in [-0.05, 0) is 141 Å². The van der Waals surface area contributed by atoms with Crippen molar-refractivity contribution in [2.45, 2.75) is 26.2 Å². The Bertz CT molecular complexity index is 3040. The van der Waals surface area contributed by atoms with Crippen LogP contribution in [0.4, 0.5) is 0 Å². The van der Waals surface area contributed by atoms with Crippen LogP contribution in [0.2, 0.25) is 0 Å². The van der Waals surface area contributed by atoms with Crippen LogP contribution in [-0.4, -0.2) is 0 Å². The van der Waals surface area contributed by atoms with Gasteiger partial charge in [-0.25, -0.2) is 0 Å². The van der Waals surface area contributed by atoms with Gasteiger partial charge in [0.25, 0.3) is 0 Å². The van der Waals surface area contributed by atoms with Crippen molar-refractivity contribution in [3.63, 3.8) is 0 Å². The summed E-state index contributed by atoms with van der Waals surface area (Å²) in [5.74, 6) is 0. The van der Waals surface area contributed by atoms with Crippen molar-refractivity contribution in [3.8, 4) is 11.1 Å². The standard InChI is InChI=1S/C52H38/c1-4-11-46-47-26-22-40(41-17-10-19-44-45(41)25-21-39-29-35-13-6-8-15-37(35)31-49(39)44)32-51(47)52(2,3)50(46)27-23-33-16-9-18-43-42(33)24-20-38-28-34-12-5-7-14-36(34)30-48(38)43/h4-32H,1-3H3/b11-4-,27-23+. The molecule has 0 nitrogen and oxygen atoms in total. The Kier molecular flexibility index (Phi) is 6.85. The second kappa shape index (κ2) is 11.7. The van der Waals surface area contributed by atoms with E-state index in [2.05, 4.69) is 197 Å². The van der Waals surface area contributed by atoms with Crippen LogP contribution in [0.15, 0.2) is 175 Å². The normalized spacial score (nSPS) is 14.4. The summed E-state index contributed by atoms with van der Waals surface area (Å²) in [5, 5.41) is 15.4. The molecular weight excluding hydrogens is 625 g/mol. The van der Waals surface area contributed by atoms with Crippen LogP contribution < -0.4 is 0 Å². The van der Waals surface area contributed by atoms with Gasteiger partial charge in [0.2, 0.25) is 0 Å². The van der Waals surface area contributed by atoms with Crippen LogP contribution in [0.25, 0.3) is 87.4 Å². The first-order valence-corrected chi connectivity index (χ1v) is 18.4. The molecule has 0 spiro atoms. The minimum absolute atomic E-state index is 0.178. The summed E-state index contributed by atoms with van der Waals surface area (Å²) in [6.07, 6.45) is 9.18. The highest BCUT2D eigenvalue weighted by molar-refractivity contribution is 6.16. The molecule has 0 saturated heterocycles. The highest BCUT2D eigenvalue weighted by Gasteiger charge is 2.36. The van der Waals surface area contributed by atoms with E-state index in [0.717, 1.165) is 0 Å². The van der Waals surface area contributed by atoms with Gasteiger partial charge >= 0.3 is 0 Å². The highest BCUT2D eigenvalue weighted by Crippen LogP contribution is 2.49. The predicted molar refractivity (Wildman–Crippen MR) is 227 cm³/mol. The SMILES string of the molecule is C/C=C\C1=C(/C=C/c2cccc3c2ccc2cc4ccccc4cc23)C(C)(C)c2cc(-c3cccc4c3ccc3cc5ccccc5cc34)ccc21. The van der Waals surface area contributed by atoms with Gasteiger partial charge in [-0.1, -0.05) is 159 Å². The topological polar surface area (TPSA) is 0 Å². The second-order valence-corrected chi connectivity index (χ2v) is 14.9. The van der Waals surface area contributed by atoms with Crippen LogP contribution >= 0.6 is 0 Å². The zero-order valence-corrected chi connectivity index (χ0v) is 29.7. The van der Waals surface area contributed by atoms with Gasteiger partial charge in [0.15, 0.2) is 0 Å². The lowest BCUT2D eigenvalue weighted by atomic mass is 9.79. The van der Waals surface area contributed by atoms with Crippen molar-refractivity contribution in [3.05, 3.63) is 192 Å². The molecule has 246 valence electrons. The molecule has 0 aliphatic heterocycles. The first-order valence-electron chi connectivity index (χ1n) is 18.4. The molecule has 1 aliphatic rings. The van der Waals surface area contributed by atoms with Crippen molar-refractivity contribution in [1.82, 2.24) is 0 Å². The fourth-order valence-corrected chi connectivity index (χ4v) is 8.89. The van der Waals surface area contributed by atoms with Gasteiger partial charge in [0, 0.05) is 5.41 Å². The Labute approximate surface area is 304 Å². The summed E-state index contributed by atoms with van der Waals surface area (Å²) in [5.41, 5.74) is 8.94. The lowest BCUT2D eigenvalue weighted by molar-refractivity contribution is 0.655. The van der Waals surface area contributed by atoms with E-state index in [4.69, 9.17) is 0 Å². The monoisotopic (exact) mass is 662 g/mol. The molecule has 0 saturated carbocycles. The van der Waals surface area contributed by atoms with E-state index in [9.17, 15) is 0 Å². The molecule has 9 aromatic rings. The molecular formula is C52H38. The maximum absolute atomic E-state index is 2.45. The zero-order valence-electron chi connectivity index (χ0n) is 29.7. The molecule has 10 rings (SSSR count). The van der Waals surface area contributed by atoms with Crippen molar-refractivity contribution in [2.75, 3.05) is 0 Å². The van der Waals surface area contributed by atoms with Gasteiger partial charge in [0.05, 0.1) is 0 Å². The Morgan fingerprint density at radius 1 is 0.404 bits per heavy atom.